The van der Waals surface area contributed by atoms with E-state index in [9.17, 15) is 18.0 Å². The fourth-order valence-corrected chi connectivity index (χ4v) is 1.80. The molecule has 0 saturated carbocycles. The Morgan fingerprint density at radius 1 is 1.30 bits per heavy atom. The lowest BCUT2D eigenvalue weighted by Crippen LogP contribution is -2.32. The van der Waals surface area contributed by atoms with Gasteiger partial charge in [0.1, 0.15) is 0 Å². The predicted molar refractivity (Wildman–Crippen MR) is 69.5 cm³/mol. The van der Waals surface area contributed by atoms with Gasteiger partial charge in [0.05, 0.1) is 12.8 Å². The van der Waals surface area contributed by atoms with E-state index < -0.39 is 12.6 Å². The van der Waals surface area contributed by atoms with Crippen molar-refractivity contribution in [1.29, 1.82) is 0 Å². The molecule has 1 aromatic carbocycles. The topological polar surface area (TPSA) is 58.4 Å². The number of halogens is 3. The summed E-state index contributed by atoms with van der Waals surface area (Å²) < 4.78 is 36.5. The monoisotopic (exact) mass is 289 g/mol. The molecule has 0 spiro atoms. The van der Waals surface area contributed by atoms with Crippen LogP contribution in [0.3, 0.4) is 0 Å². The lowest BCUT2D eigenvalue weighted by molar-refractivity contribution is -0.137. The Hall–Kier alpha value is -1.60. The summed E-state index contributed by atoms with van der Waals surface area (Å²) in [7, 11) is 1.62. The molecule has 0 aromatic heterocycles. The van der Waals surface area contributed by atoms with Gasteiger partial charge in [0.25, 0.3) is 0 Å². The van der Waals surface area contributed by atoms with Crippen molar-refractivity contribution >= 4 is 5.91 Å². The summed E-state index contributed by atoms with van der Waals surface area (Å²) in [5.41, 5.74) is 3.62. The van der Waals surface area contributed by atoms with Crippen molar-refractivity contribution in [1.82, 2.24) is 10.3 Å². The summed E-state index contributed by atoms with van der Waals surface area (Å²) in [5.74, 6) is 4.69. The van der Waals surface area contributed by atoms with Gasteiger partial charge < -0.3 is 4.90 Å². The lowest BCUT2D eigenvalue weighted by atomic mass is 10.0. The maximum absolute atomic E-state index is 12.2. The molecule has 0 heterocycles. The van der Waals surface area contributed by atoms with Crippen LogP contribution in [0, 0.1) is 0 Å². The van der Waals surface area contributed by atoms with Crippen LogP contribution in [0.4, 0.5) is 13.2 Å². The molecule has 0 radical (unpaired) electrons. The smallest absolute Gasteiger partial charge is 0.302 e. The molecule has 1 rings (SSSR count). The number of amides is 1. The first-order valence-electron chi connectivity index (χ1n) is 6.13. The number of carbonyl (C=O) groups is 1. The summed E-state index contributed by atoms with van der Waals surface area (Å²) >= 11 is 0. The third-order valence-corrected chi connectivity index (χ3v) is 2.85. The van der Waals surface area contributed by atoms with E-state index in [1.165, 1.54) is 0 Å². The van der Waals surface area contributed by atoms with E-state index in [4.69, 9.17) is 5.84 Å². The maximum atomic E-state index is 12.2. The minimum absolute atomic E-state index is 0.0824. The summed E-state index contributed by atoms with van der Waals surface area (Å²) in [5, 5.41) is 0. The molecule has 20 heavy (non-hydrogen) atoms. The lowest BCUT2D eigenvalue weighted by Gasteiger charge is -2.19. The predicted octanol–water partition coefficient (Wildman–Crippen LogP) is 1.60. The average Bonchev–Trinajstić information content (AvgIpc) is 2.38. The van der Waals surface area contributed by atoms with Gasteiger partial charge in [-0.15, -0.1) is 0 Å². The molecule has 0 fully saturated rings. The highest BCUT2D eigenvalue weighted by Gasteiger charge is 2.27. The van der Waals surface area contributed by atoms with Gasteiger partial charge in [-0.3, -0.25) is 10.2 Å². The molecule has 0 unspecified atom stereocenters. The summed E-state index contributed by atoms with van der Waals surface area (Å²) in [4.78, 5) is 12.9. The first-order valence-corrected chi connectivity index (χ1v) is 6.13. The van der Waals surface area contributed by atoms with Crippen molar-refractivity contribution < 1.29 is 18.0 Å². The van der Waals surface area contributed by atoms with Crippen LogP contribution in [0.2, 0.25) is 0 Å². The minimum Gasteiger partial charge on any atom is -0.302 e. The second-order valence-corrected chi connectivity index (χ2v) is 4.62. The SMILES string of the molecule is CN(CCC(F)(F)F)Cc1ccccc1CC(=O)NN. The molecule has 0 aliphatic rings. The molecule has 0 aliphatic heterocycles. The van der Waals surface area contributed by atoms with Crippen LogP contribution < -0.4 is 11.3 Å². The van der Waals surface area contributed by atoms with Crippen LogP contribution in [0.5, 0.6) is 0 Å². The average molecular weight is 289 g/mol. The second kappa shape index (κ2) is 7.25. The van der Waals surface area contributed by atoms with E-state index in [2.05, 4.69) is 0 Å². The molecule has 7 heteroatoms. The third-order valence-electron chi connectivity index (χ3n) is 2.85. The van der Waals surface area contributed by atoms with Gasteiger partial charge in [-0.25, -0.2) is 5.84 Å². The molecule has 1 amide bonds. The molecular formula is C13H18F3N3O. The van der Waals surface area contributed by atoms with Gasteiger partial charge in [-0.2, -0.15) is 13.2 Å². The highest BCUT2D eigenvalue weighted by atomic mass is 19.4. The Morgan fingerprint density at radius 2 is 1.90 bits per heavy atom. The number of hydrogen-bond acceptors (Lipinski definition) is 3. The number of benzene rings is 1. The van der Waals surface area contributed by atoms with Crippen LogP contribution in [0.1, 0.15) is 17.5 Å². The van der Waals surface area contributed by atoms with Crippen molar-refractivity contribution in [2.45, 2.75) is 25.6 Å². The minimum atomic E-state index is -4.16. The first-order chi connectivity index (χ1) is 9.31. The van der Waals surface area contributed by atoms with Crippen LogP contribution in [0.15, 0.2) is 24.3 Å². The highest BCUT2D eigenvalue weighted by Crippen LogP contribution is 2.20. The van der Waals surface area contributed by atoms with Gasteiger partial charge >= 0.3 is 6.18 Å². The number of alkyl halides is 3. The maximum Gasteiger partial charge on any atom is 0.390 e. The normalized spacial score (nSPS) is 11.7. The number of hydrogen-bond donors (Lipinski definition) is 2. The Morgan fingerprint density at radius 3 is 2.45 bits per heavy atom. The first kappa shape index (κ1) is 16.5. The van der Waals surface area contributed by atoms with Crippen LogP contribution >= 0.6 is 0 Å². The van der Waals surface area contributed by atoms with E-state index in [0.717, 1.165) is 11.1 Å². The molecule has 1 aromatic rings. The number of hydrazine groups is 1. The fraction of sp³-hybridized carbons (Fsp3) is 0.462. The quantitative estimate of drug-likeness (QED) is 0.475. The van der Waals surface area contributed by atoms with E-state index in [1.807, 2.05) is 5.43 Å². The largest absolute Gasteiger partial charge is 0.390 e. The summed E-state index contributed by atoms with van der Waals surface area (Å²) in [6, 6.07) is 7.13. The Labute approximate surface area is 115 Å². The van der Waals surface area contributed by atoms with Gasteiger partial charge in [0.2, 0.25) is 5.91 Å². The van der Waals surface area contributed by atoms with Crippen molar-refractivity contribution in [3.63, 3.8) is 0 Å². The zero-order valence-electron chi connectivity index (χ0n) is 11.2. The highest BCUT2D eigenvalue weighted by molar-refractivity contribution is 5.78. The van der Waals surface area contributed by atoms with Crippen LogP contribution in [-0.4, -0.2) is 30.6 Å². The van der Waals surface area contributed by atoms with E-state index >= 15 is 0 Å². The number of nitrogens with one attached hydrogen (secondary N) is 1. The number of nitrogens with two attached hydrogens (primary N) is 1. The fourth-order valence-electron chi connectivity index (χ4n) is 1.80. The van der Waals surface area contributed by atoms with Crippen LogP contribution in [0.25, 0.3) is 0 Å². The standard InChI is InChI=1S/C13H18F3N3O/c1-19(7-6-13(14,15)16)9-11-5-3-2-4-10(11)8-12(20)18-17/h2-5H,6-9,17H2,1H3,(H,18,20). The summed E-state index contributed by atoms with van der Waals surface area (Å²) in [6.07, 6.45) is -4.90. The Kier molecular flexibility index (Phi) is 5.97. The van der Waals surface area contributed by atoms with Crippen LogP contribution in [-0.2, 0) is 17.8 Å². The Bertz CT molecular complexity index is 449. The molecule has 3 N–H and O–H groups in total. The number of carbonyl (C=O) groups excluding carboxylic acids is 1. The molecule has 112 valence electrons. The third kappa shape index (κ3) is 6.03. The zero-order chi connectivity index (χ0) is 15.2. The Balaban J connectivity index is 2.64. The van der Waals surface area contributed by atoms with Gasteiger partial charge in [0, 0.05) is 13.1 Å². The molecule has 0 saturated heterocycles. The van der Waals surface area contributed by atoms with E-state index in [1.54, 1.807) is 36.2 Å². The second-order valence-electron chi connectivity index (χ2n) is 4.62. The summed E-state index contributed by atoms with van der Waals surface area (Å²) in [6.45, 7) is 0.269. The molecule has 0 aliphatic carbocycles. The van der Waals surface area contributed by atoms with Gasteiger partial charge in [-0.1, -0.05) is 24.3 Å². The molecule has 4 nitrogen and oxygen atoms in total. The van der Waals surface area contributed by atoms with E-state index in [0.29, 0.717) is 6.54 Å². The number of rotatable bonds is 6. The van der Waals surface area contributed by atoms with Crippen molar-refractivity contribution in [2.75, 3.05) is 13.6 Å². The molecule has 0 bridgehead atoms. The number of nitrogens with zero attached hydrogens (tertiary/aromatic N) is 1. The van der Waals surface area contributed by atoms with Crippen molar-refractivity contribution in [3.05, 3.63) is 35.4 Å². The van der Waals surface area contributed by atoms with Crippen molar-refractivity contribution in [2.24, 2.45) is 5.84 Å². The van der Waals surface area contributed by atoms with Gasteiger partial charge in [-0.05, 0) is 18.2 Å². The van der Waals surface area contributed by atoms with Gasteiger partial charge in [0.15, 0.2) is 0 Å². The molecule has 0 atom stereocenters. The van der Waals surface area contributed by atoms with E-state index in [-0.39, 0.29) is 18.9 Å². The molecular weight excluding hydrogens is 271 g/mol. The van der Waals surface area contributed by atoms with Crippen molar-refractivity contribution in [3.8, 4) is 0 Å². The zero-order valence-corrected chi connectivity index (χ0v) is 11.2.